The Balaban J connectivity index is 2.70. The van der Waals surface area contributed by atoms with Crippen LogP contribution in [0.4, 0.5) is 0 Å². The van der Waals surface area contributed by atoms with Gasteiger partial charge in [-0.2, -0.15) is 0 Å². The molecule has 1 rings (SSSR count). The lowest BCUT2D eigenvalue weighted by Crippen LogP contribution is -2.45. The second-order valence-electron chi connectivity index (χ2n) is 4.32. The van der Waals surface area contributed by atoms with Crippen LogP contribution in [0, 0.1) is 5.92 Å². The van der Waals surface area contributed by atoms with E-state index in [2.05, 4.69) is 11.8 Å². The fourth-order valence-corrected chi connectivity index (χ4v) is 2.24. The minimum Gasteiger partial charge on any atom is -0.481 e. The van der Waals surface area contributed by atoms with Crippen LogP contribution in [0.3, 0.4) is 0 Å². The van der Waals surface area contributed by atoms with E-state index in [9.17, 15) is 4.79 Å². The van der Waals surface area contributed by atoms with Crippen molar-refractivity contribution in [2.24, 2.45) is 5.92 Å². The van der Waals surface area contributed by atoms with E-state index in [0.29, 0.717) is 0 Å². The van der Waals surface area contributed by atoms with E-state index in [-0.39, 0.29) is 11.5 Å². The van der Waals surface area contributed by atoms with Crippen molar-refractivity contribution in [1.82, 2.24) is 4.90 Å². The van der Waals surface area contributed by atoms with Crippen LogP contribution >= 0.6 is 0 Å². The van der Waals surface area contributed by atoms with Gasteiger partial charge in [0.05, 0.1) is 5.92 Å². The molecule has 0 aromatic rings. The first kappa shape index (κ1) is 10.5. The molecule has 0 aliphatic carbocycles. The SMILES string of the molecule is CCCN1CCC(C(=O)O)C1(C)C. The van der Waals surface area contributed by atoms with Gasteiger partial charge in [0.1, 0.15) is 0 Å². The lowest BCUT2D eigenvalue weighted by Gasteiger charge is -2.34. The van der Waals surface area contributed by atoms with Gasteiger partial charge in [0.2, 0.25) is 0 Å². The van der Waals surface area contributed by atoms with Gasteiger partial charge in [0, 0.05) is 5.54 Å². The third-order valence-electron chi connectivity index (χ3n) is 3.15. The van der Waals surface area contributed by atoms with E-state index in [0.717, 1.165) is 25.9 Å². The van der Waals surface area contributed by atoms with E-state index < -0.39 is 5.97 Å². The summed E-state index contributed by atoms with van der Waals surface area (Å²) in [5.41, 5.74) is -0.165. The number of hydrogen-bond acceptors (Lipinski definition) is 2. The Kier molecular flexibility index (Phi) is 2.96. The summed E-state index contributed by atoms with van der Waals surface area (Å²) < 4.78 is 0. The molecule has 0 radical (unpaired) electrons. The number of likely N-dealkylation sites (tertiary alicyclic amines) is 1. The van der Waals surface area contributed by atoms with Gasteiger partial charge < -0.3 is 5.11 Å². The molecule has 1 N–H and O–H groups in total. The van der Waals surface area contributed by atoms with Gasteiger partial charge in [-0.3, -0.25) is 9.69 Å². The maximum absolute atomic E-state index is 10.9. The van der Waals surface area contributed by atoms with Gasteiger partial charge in [0.15, 0.2) is 0 Å². The molecule has 0 bridgehead atoms. The molecule has 0 aromatic heterocycles. The molecule has 1 atom stereocenters. The Morgan fingerprint density at radius 3 is 2.62 bits per heavy atom. The van der Waals surface area contributed by atoms with Gasteiger partial charge in [-0.25, -0.2) is 0 Å². The quantitative estimate of drug-likeness (QED) is 0.725. The van der Waals surface area contributed by atoms with Crippen LogP contribution in [0.15, 0.2) is 0 Å². The number of aliphatic carboxylic acids is 1. The Labute approximate surface area is 79.7 Å². The third-order valence-corrected chi connectivity index (χ3v) is 3.15. The zero-order valence-corrected chi connectivity index (χ0v) is 8.71. The maximum atomic E-state index is 10.9. The van der Waals surface area contributed by atoms with Crippen molar-refractivity contribution in [2.75, 3.05) is 13.1 Å². The average molecular weight is 185 g/mol. The Bertz CT molecular complexity index is 201. The number of nitrogens with zero attached hydrogens (tertiary/aromatic N) is 1. The molecule has 1 fully saturated rings. The number of rotatable bonds is 3. The molecule has 76 valence electrons. The summed E-state index contributed by atoms with van der Waals surface area (Å²) in [6.45, 7) is 8.14. The summed E-state index contributed by atoms with van der Waals surface area (Å²) in [4.78, 5) is 13.2. The van der Waals surface area contributed by atoms with E-state index in [1.54, 1.807) is 0 Å². The molecule has 3 heteroatoms. The van der Waals surface area contributed by atoms with Crippen molar-refractivity contribution in [1.29, 1.82) is 0 Å². The highest BCUT2D eigenvalue weighted by Crippen LogP contribution is 2.34. The number of carboxylic acids is 1. The highest BCUT2D eigenvalue weighted by molar-refractivity contribution is 5.72. The fraction of sp³-hybridized carbons (Fsp3) is 0.900. The number of carboxylic acid groups (broad SMARTS) is 1. The summed E-state index contributed by atoms with van der Waals surface area (Å²) in [5.74, 6) is -0.845. The summed E-state index contributed by atoms with van der Waals surface area (Å²) in [6.07, 6.45) is 1.89. The maximum Gasteiger partial charge on any atom is 0.308 e. The van der Waals surface area contributed by atoms with Gasteiger partial charge in [-0.1, -0.05) is 6.92 Å². The summed E-state index contributed by atoms with van der Waals surface area (Å²) >= 11 is 0. The lowest BCUT2D eigenvalue weighted by molar-refractivity contribution is -0.144. The van der Waals surface area contributed by atoms with Gasteiger partial charge in [-0.15, -0.1) is 0 Å². The molecular weight excluding hydrogens is 166 g/mol. The Morgan fingerprint density at radius 2 is 2.23 bits per heavy atom. The van der Waals surface area contributed by atoms with Gasteiger partial charge in [0.25, 0.3) is 0 Å². The normalized spacial score (nSPS) is 27.8. The molecule has 0 aromatic carbocycles. The fourth-order valence-electron chi connectivity index (χ4n) is 2.24. The molecule has 1 unspecified atom stereocenters. The summed E-state index contributed by atoms with van der Waals surface area (Å²) in [5, 5.41) is 9.01. The van der Waals surface area contributed by atoms with Crippen LogP contribution in [-0.2, 0) is 4.79 Å². The molecule has 0 amide bonds. The third kappa shape index (κ3) is 1.85. The number of carbonyl (C=O) groups is 1. The van der Waals surface area contributed by atoms with Crippen molar-refractivity contribution >= 4 is 5.97 Å². The Morgan fingerprint density at radius 1 is 1.62 bits per heavy atom. The van der Waals surface area contributed by atoms with Crippen molar-refractivity contribution in [3.8, 4) is 0 Å². The Hall–Kier alpha value is -0.570. The molecule has 0 saturated carbocycles. The topological polar surface area (TPSA) is 40.5 Å². The zero-order chi connectivity index (χ0) is 10.1. The average Bonchev–Trinajstić information content (AvgIpc) is 2.28. The van der Waals surface area contributed by atoms with Gasteiger partial charge in [-0.05, 0) is 39.8 Å². The second kappa shape index (κ2) is 3.66. The first-order valence-electron chi connectivity index (χ1n) is 4.98. The molecule has 1 aliphatic heterocycles. The summed E-state index contributed by atoms with van der Waals surface area (Å²) in [6, 6.07) is 0. The molecule has 0 spiro atoms. The minimum absolute atomic E-state index is 0.165. The van der Waals surface area contributed by atoms with Crippen molar-refractivity contribution < 1.29 is 9.90 Å². The van der Waals surface area contributed by atoms with Crippen molar-refractivity contribution in [3.63, 3.8) is 0 Å². The van der Waals surface area contributed by atoms with Gasteiger partial charge >= 0.3 is 5.97 Å². The molecule has 1 saturated heterocycles. The van der Waals surface area contributed by atoms with Crippen LogP contribution in [0.1, 0.15) is 33.6 Å². The molecule has 1 heterocycles. The predicted octanol–water partition coefficient (Wildman–Crippen LogP) is 1.58. The first-order valence-corrected chi connectivity index (χ1v) is 4.98. The molecule has 1 aliphatic rings. The summed E-state index contributed by atoms with van der Waals surface area (Å²) in [7, 11) is 0. The molecule has 13 heavy (non-hydrogen) atoms. The van der Waals surface area contributed by atoms with Crippen LogP contribution in [0.25, 0.3) is 0 Å². The predicted molar refractivity (Wildman–Crippen MR) is 51.7 cm³/mol. The largest absolute Gasteiger partial charge is 0.481 e. The molecule has 3 nitrogen and oxygen atoms in total. The van der Waals surface area contributed by atoms with E-state index in [4.69, 9.17) is 5.11 Å². The lowest BCUT2D eigenvalue weighted by atomic mass is 9.88. The highest BCUT2D eigenvalue weighted by Gasteiger charge is 2.44. The van der Waals surface area contributed by atoms with Crippen molar-refractivity contribution in [2.45, 2.75) is 39.2 Å². The van der Waals surface area contributed by atoms with Crippen molar-refractivity contribution in [3.05, 3.63) is 0 Å². The van der Waals surface area contributed by atoms with E-state index >= 15 is 0 Å². The number of hydrogen-bond donors (Lipinski definition) is 1. The molecular formula is C10H19NO2. The van der Waals surface area contributed by atoms with Crippen LogP contribution < -0.4 is 0 Å². The first-order chi connectivity index (χ1) is 6.00. The monoisotopic (exact) mass is 185 g/mol. The minimum atomic E-state index is -0.649. The zero-order valence-electron chi connectivity index (χ0n) is 8.71. The standard InChI is InChI=1S/C10H19NO2/c1-4-6-11-7-5-8(9(12)13)10(11,2)3/h8H,4-7H2,1-3H3,(H,12,13). The van der Waals surface area contributed by atoms with Crippen LogP contribution in [0.5, 0.6) is 0 Å². The highest BCUT2D eigenvalue weighted by atomic mass is 16.4. The smallest absolute Gasteiger partial charge is 0.308 e. The van der Waals surface area contributed by atoms with E-state index in [1.165, 1.54) is 0 Å². The van der Waals surface area contributed by atoms with Crippen LogP contribution in [-0.4, -0.2) is 34.6 Å². The second-order valence-corrected chi connectivity index (χ2v) is 4.32. The van der Waals surface area contributed by atoms with Crippen LogP contribution in [0.2, 0.25) is 0 Å². The van der Waals surface area contributed by atoms with E-state index in [1.807, 2.05) is 13.8 Å².